The van der Waals surface area contributed by atoms with E-state index in [-0.39, 0.29) is 29.1 Å². The third kappa shape index (κ3) is 13.0. The van der Waals surface area contributed by atoms with Crippen LogP contribution < -0.4 is 0 Å². The summed E-state index contributed by atoms with van der Waals surface area (Å²) in [6.45, 7) is 3.61. The zero-order valence-corrected chi connectivity index (χ0v) is 33.7. The first kappa shape index (κ1) is 46.9. The fourth-order valence-corrected chi connectivity index (χ4v) is 19.3. The third-order valence-electron chi connectivity index (χ3n) is 11.9. The Morgan fingerprint density at radius 3 is 1.34 bits per heavy atom. The summed E-state index contributed by atoms with van der Waals surface area (Å²) in [6.07, 6.45) is 11.8. The lowest BCUT2D eigenvalue weighted by Gasteiger charge is -2.57. The van der Waals surface area contributed by atoms with Gasteiger partial charge < -0.3 is 17.3 Å². The number of rotatable bonds is 2. The molecule has 53 heavy (non-hydrogen) atoms. The molecule has 8 aliphatic rings. The molecule has 0 spiro atoms. The van der Waals surface area contributed by atoms with Gasteiger partial charge in [0.05, 0.1) is 6.93 Å². The van der Waals surface area contributed by atoms with Gasteiger partial charge in [0.15, 0.2) is 0 Å². The highest BCUT2D eigenvalue weighted by molar-refractivity contribution is 8.68. The molecule has 2 aromatic carbocycles. The van der Waals surface area contributed by atoms with Crippen molar-refractivity contribution in [2.45, 2.75) is 130 Å². The van der Waals surface area contributed by atoms with Crippen LogP contribution in [0.15, 0.2) is 42.4 Å². The summed E-state index contributed by atoms with van der Waals surface area (Å²) in [5, 5.41) is 0. The number of aryl methyl sites for hydroxylation is 2. The Hall–Kier alpha value is -0.445. The average molecular weight is 885 g/mol. The predicted octanol–water partition coefficient (Wildman–Crippen LogP) is 13.2. The lowest BCUT2D eigenvalue weighted by molar-refractivity contribution is -0.138. The summed E-state index contributed by atoms with van der Waals surface area (Å²) in [5.41, 5.74) is 3.97. The van der Waals surface area contributed by atoms with E-state index in [1.807, 2.05) is 13.0 Å². The molecule has 0 atom stereocenters. The molecule has 8 aliphatic carbocycles. The van der Waals surface area contributed by atoms with E-state index in [2.05, 4.69) is 40.6 Å². The number of hydrogen-bond acceptors (Lipinski definition) is 2. The Labute approximate surface area is 341 Å². The second-order valence-corrected chi connectivity index (χ2v) is 24.4. The first-order valence-corrected chi connectivity index (χ1v) is 25.1. The molecule has 0 heterocycles. The van der Waals surface area contributed by atoms with Crippen LogP contribution in [0.5, 0.6) is 0 Å². The van der Waals surface area contributed by atoms with Gasteiger partial charge in [-0.3, -0.25) is 0 Å². The van der Waals surface area contributed by atoms with Crippen LogP contribution in [0.1, 0.15) is 130 Å². The van der Waals surface area contributed by atoms with Crippen LogP contribution >= 0.6 is 0 Å². The van der Waals surface area contributed by atoms with Crippen molar-refractivity contribution in [3.63, 3.8) is 0 Å². The van der Waals surface area contributed by atoms with Gasteiger partial charge in [-0.25, -0.2) is 0 Å². The van der Waals surface area contributed by atoms with Crippen LogP contribution in [0, 0.1) is 49.4 Å². The molecule has 8 bridgehead atoms. The van der Waals surface area contributed by atoms with Gasteiger partial charge in [-0.2, -0.15) is 13.2 Å². The van der Waals surface area contributed by atoms with E-state index >= 15 is 0 Å². The highest BCUT2D eigenvalue weighted by Crippen LogP contribution is 2.62. The largest absolute Gasteiger partial charge is 1.00 e. The van der Waals surface area contributed by atoms with Crippen LogP contribution in [0.3, 0.4) is 0 Å². The molecule has 15 heteroatoms. The molecule has 0 radical (unpaired) electrons. The Kier molecular flexibility index (Phi) is 18.0. The molecule has 0 nitrogen and oxygen atoms in total. The molecule has 10 rings (SSSR count). The molecule has 0 aromatic heterocycles. The average Bonchev–Trinajstić information content (AvgIpc) is 3.01. The third-order valence-corrected chi connectivity index (χ3v) is 20.8. The standard InChI is InChI=1S/C18H21F3.C17H22.3CH4.BF4.S7/c1-11-2-3-15(7-16(11)18(19,20)21)17-8-12-4-13(9-17)6-14(5-12)10-17;1-12-2-4-16(5-3-12)17-9-13-6-14(10-17)8-15(7-13)11-17;;;;2-1(3,4)5;1-3-5-7-6-4-2/h2-3,7,12-14H,4-6,8-10H2,1H3;2-5,13-15H,6-11H2,1H3;3*1H4;;/q;;;;;-1;/p+1/i;2T;;;;;/hT. The molecule has 8 saturated carbocycles. The molecular weight excluding hydrogens is 825 g/mol. The van der Waals surface area contributed by atoms with Crippen molar-refractivity contribution in [1.29, 1.82) is 0 Å². The minimum atomic E-state index is -6.00. The maximum atomic E-state index is 13.2. The highest BCUT2D eigenvalue weighted by atomic mass is 33.4. The van der Waals surface area contributed by atoms with Gasteiger partial charge in [-0.1, -0.05) is 64.2 Å². The maximum Gasteiger partial charge on any atom is 1.00 e. The molecule has 0 N–H and O–H groups in total. The van der Waals surface area contributed by atoms with Gasteiger partial charge in [0.1, 0.15) is 0 Å². The molecule has 0 amide bonds. The van der Waals surface area contributed by atoms with E-state index in [1.54, 1.807) is 39.6 Å². The van der Waals surface area contributed by atoms with Crippen molar-refractivity contribution in [2.75, 3.05) is 0 Å². The minimum Gasteiger partial charge on any atom is -0.418 e. The van der Waals surface area contributed by atoms with E-state index in [9.17, 15) is 30.4 Å². The van der Waals surface area contributed by atoms with Crippen molar-refractivity contribution in [1.82, 2.24) is 0 Å². The summed E-state index contributed by atoms with van der Waals surface area (Å²) in [5.74, 6) is 5.25. The lowest BCUT2D eigenvalue weighted by atomic mass is 9.48. The molecule has 302 valence electrons. The monoisotopic (exact) mass is 884 g/mol. The normalized spacial score (nSPS) is 31.1. The molecule has 8 fully saturated rings. The first-order chi connectivity index (χ1) is 23.9. The SMILES string of the molecule is C.C.C.Cc1ccc(C23CC4CC(CC(C4)C2)C3)cc1C(F)(F)F.F[B-](F)(F)F.S=S=S=S=S=S=S.[3H+].[3H]c1cc(C23CC4CC(CC(C4)C2)C3)ccc1C. The van der Waals surface area contributed by atoms with E-state index in [0.717, 1.165) is 71.9 Å². The molecule has 0 saturated heterocycles. The Balaban J connectivity index is 0.000000407. The number of benzene rings is 2. The zero-order chi connectivity index (χ0) is 37.2. The smallest absolute Gasteiger partial charge is 0.418 e. The van der Waals surface area contributed by atoms with Gasteiger partial charge in [0, 0.05) is 66.8 Å². The fourth-order valence-electron chi connectivity index (χ4n) is 11.1. The van der Waals surface area contributed by atoms with Crippen molar-refractivity contribution in [3.05, 3.63) is 70.3 Å². The van der Waals surface area contributed by atoms with E-state index in [1.165, 1.54) is 87.2 Å². The number of alkyl halides is 3. The second-order valence-electron chi connectivity index (χ2n) is 15.5. The van der Waals surface area contributed by atoms with Crippen LogP contribution in [0.4, 0.5) is 30.4 Å². The Morgan fingerprint density at radius 2 is 1.00 bits per heavy atom. The maximum absolute atomic E-state index is 13.2. The molecule has 2 aromatic rings. The van der Waals surface area contributed by atoms with Crippen LogP contribution in [-0.2, 0) is 83.8 Å². The summed E-state index contributed by atoms with van der Waals surface area (Å²) in [7, 11) is 1.36. The summed E-state index contributed by atoms with van der Waals surface area (Å²) in [4.78, 5) is 0. The van der Waals surface area contributed by atoms with Crippen LogP contribution in [0.2, 0.25) is 0 Å². The Morgan fingerprint density at radius 1 is 0.642 bits per heavy atom. The van der Waals surface area contributed by atoms with Crippen molar-refractivity contribution in [2.24, 2.45) is 35.5 Å². The lowest BCUT2D eigenvalue weighted by Crippen LogP contribution is -2.48. The van der Waals surface area contributed by atoms with E-state index < -0.39 is 19.0 Å². The predicted molar refractivity (Wildman–Crippen MR) is 230 cm³/mol. The summed E-state index contributed by atoms with van der Waals surface area (Å²) in [6, 6.07) is 12.5. The first-order valence-electron chi connectivity index (χ1n) is 17.6. The van der Waals surface area contributed by atoms with Gasteiger partial charge in [0.2, 0.25) is 0 Å². The second kappa shape index (κ2) is 20.3. The number of hydrogen-bond donors (Lipinski definition) is 0. The van der Waals surface area contributed by atoms with Crippen LogP contribution in [-0.4, -0.2) is 7.25 Å². The topological polar surface area (TPSA) is 0 Å². The molecule has 0 aliphatic heterocycles. The van der Waals surface area contributed by atoms with Crippen molar-refractivity contribution < 1.29 is 33.2 Å². The fraction of sp³-hybridized carbons (Fsp3) is 0.684. The van der Waals surface area contributed by atoms with Gasteiger partial charge in [0.25, 0.3) is 0 Å². The molecular formula is C38H56BF7S7. The summed E-state index contributed by atoms with van der Waals surface area (Å²) < 4.78 is 86.7. The van der Waals surface area contributed by atoms with Crippen molar-refractivity contribution >= 4 is 74.0 Å². The van der Waals surface area contributed by atoms with Gasteiger partial charge in [-0.05, 0) is 160 Å². The quantitative estimate of drug-likeness (QED) is 0.218. The summed E-state index contributed by atoms with van der Waals surface area (Å²) >= 11 is 9.14. The molecule has 0 unspecified atom stereocenters. The van der Waals surface area contributed by atoms with E-state index in [0.29, 0.717) is 11.0 Å². The van der Waals surface area contributed by atoms with Gasteiger partial charge >= 0.3 is 14.9 Å². The highest BCUT2D eigenvalue weighted by Gasteiger charge is 2.53. The van der Waals surface area contributed by atoms with Crippen LogP contribution in [0.25, 0.3) is 0 Å². The van der Waals surface area contributed by atoms with Gasteiger partial charge in [-0.15, -0.1) is 0 Å². The Bertz CT molecular complexity index is 1690. The van der Waals surface area contributed by atoms with E-state index in [4.69, 9.17) is 1.37 Å². The zero-order valence-electron chi connectivity index (χ0n) is 30.0. The van der Waals surface area contributed by atoms with Crippen molar-refractivity contribution in [3.8, 4) is 0 Å². The minimum absolute atomic E-state index is 0. The number of halogens is 7.